The van der Waals surface area contributed by atoms with Crippen LogP contribution in [0.4, 0.5) is 10.2 Å². The largest absolute Gasteiger partial charge is 0.457 e. The summed E-state index contributed by atoms with van der Waals surface area (Å²) in [6.45, 7) is 1.01. The zero-order valence-electron chi connectivity index (χ0n) is 21.1. The van der Waals surface area contributed by atoms with Crippen LogP contribution in [0.25, 0.3) is 22.3 Å². The lowest BCUT2D eigenvalue weighted by atomic mass is 10.0. The molecule has 10 heteroatoms. The molecule has 3 heterocycles. The summed E-state index contributed by atoms with van der Waals surface area (Å²) in [5, 5.41) is 15.1. The van der Waals surface area contributed by atoms with Crippen LogP contribution in [0.15, 0.2) is 66.5 Å². The molecule has 39 heavy (non-hydrogen) atoms. The molecule has 1 saturated heterocycles. The normalized spacial score (nSPS) is 17.7. The summed E-state index contributed by atoms with van der Waals surface area (Å²) in [7, 11) is 0. The number of nitrogen functional groups attached to an aromatic ring is 1. The number of piperidine rings is 1. The minimum Gasteiger partial charge on any atom is -0.457 e. The molecule has 0 bridgehead atoms. The summed E-state index contributed by atoms with van der Waals surface area (Å²) in [4.78, 5) is 23.5. The highest BCUT2D eigenvalue weighted by molar-refractivity contribution is 5.99. The van der Waals surface area contributed by atoms with E-state index in [9.17, 15) is 14.4 Å². The number of aromatic nitrogens is 4. The van der Waals surface area contributed by atoms with E-state index in [4.69, 9.17) is 15.6 Å². The Morgan fingerprint density at radius 1 is 1.13 bits per heavy atom. The van der Waals surface area contributed by atoms with Gasteiger partial charge < -0.3 is 15.4 Å². The van der Waals surface area contributed by atoms with Gasteiger partial charge in [-0.15, -0.1) is 0 Å². The molecular formula is C29H26FN7O2. The number of allylic oxidation sites excluding steroid dienone is 1. The molecule has 0 unspecified atom stereocenters. The van der Waals surface area contributed by atoms with Crippen molar-refractivity contribution in [3.05, 3.63) is 72.3 Å². The van der Waals surface area contributed by atoms with E-state index in [1.807, 2.05) is 22.9 Å². The number of anilines is 1. The second kappa shape index (κ2) is 10.2. The van der Waals surface area contributed by atoms with E-state index in [1.165, 1.54) is 18.5 Å². The van der Waals surface area contributed by atoms with E-state index in [0.717, 1.165) is 31.2 Å². The molecule has 9 nitrogen and oxygen atoms in total. The highest BCUT2D eigenvalue weighted by Crippen LogP contribution is 2.35. The van der Waals surface area contributed by atoms with E-state index >= 15 is 0 Å². The number of fused-ring (bicyclic) bond motifs is 1. The number of nitriles is 1. The molecule has 6 rings (SSSR count). The van der Waals surface area contributed by atoms with Crippen LogP contribution >= 0.6 is 0 Å². The van der Waals surface area contributed by atoms with E-state index in [0.29, 0.717) is 53.1 Å². The van der Waals surface area contributed by atoms with Crippen LogP contribution in [0, 0.1) is 23.1 Å². The maximum Gasteiger partial charge on any atom is 0.264 e. The van der Waals surface area contributed by atoms with E-state index < -0.39 is 0 Å². The van der Waals surface area contributed by atoms with Crippen molar-refractivity contribution in [1.82, 2.24) is 24.6 Å². The Balaban J connectivity index is 1.29. The fourth-order valence-corrected chi connectivity index (χ4v) is 4.96. The maximum atomic E-state index is 13.5. The van der Waals surface area contributed by atoms with Gasteiger partial charge in [0.05, 0.1) is 11.4 Å². The Labute approximate surface area is 224 Å². The molecule has 1 atom stereocenters. The van der Waals surface area contributed by atoms with Gasteiger partial charge in [-0.3, -0.25) is 4.79 Å². The number of likely N-dealkylation sites (tertiary alicyclic amines) is 1. The minimum atomic E-state index is -0.373. The number of rotatable bonds is 6. The Bertz CT molecular complexity index is 1620. The van der Waals surface area contributed by atoms with E-state index in [2.05, 4.69) is 16.0 Å². The number of halogens is 1. The second-order valence-corrected chi connectivity index (χ2v) is 9.91. The monoisotopic (exact) mass is 523 g/mol. The molecule has 1 saturated carbocycles. The van der Waals surface area contributed by atoms with Gasteiger partial charge in [-0.05, 0) is 68.0 Å². The number of hydrogen-bond donors (Lipinski definition) is 1. The lowest BCUT2D eigenvalue weighted by molar-refractivity contribution is -0.128. The number of nitrogens with zero attached hydrogens (tertiary/aromatic N) is 6. The van der Waals surface area contributed by atoms with Crippen molar-refractivity contribution >= 4 is 22.8 Å². The zero-order chi connectivity index (χ0) is 26.9. The van der Waals surface area contributed by atoms with Crippen molar-refractivity contribution in [1.29, 1.82) is 5.26 Å². The first-order valence-electron chi connectivity index (χ1n) is 12.9. The molecule has 2 fully saturated rings. The van der Waals surface area contributed by atoms with Gasteiger partial charge in [-0.25, -0.2) is 19.0 Å². The number of hydrogen-bond acceptors (Lipinski definition) is 7. The van der Waals surface area contributed by atoms with Crippen molar-refractivity contribution in [3.63, 3.8) is 0 Å². The number of carbonyl (C=O) groups excluding carboxylic acids is 1. The summed E-state index contributed by atoms with van der Waals surface area (Å²) in [5.74, 6) is 0.997. The molecule has 2 aliphatic rings. The summed E-state index contributed by atoms with van der Waals surface area (Å²) in [5.41, 5.74) is 8.51. The smallest absolute Gasteiger partial charge is 0.264 e. The van der Waals surface area contributed by atoms with Crippen LogP contribution in [0.1, 0.15) is 31.7 Å². The number of carbonyl (C=O) groups is 1. The van der Waals surface area contributed by atoms with Crippen molar-refractivity contribution < 1.29 is 13.9 Å². The Morgan fingerprint density at radius 2 is 1.95 bits per heavy atom. The third-order valence-corrected chi connectivity index (χ3v) is 7.08. The summed E-state index contributed by atoms with van der Waals surface area (Å²) < 4.78 is 21.1. The first kappa shape index (κ1) is 24.6. The molecule has 2 N–H and O–H groups in total. The predicted molar refractivity (Wildman–Crippen MR) is 143 cm³/mol. The van der Waals surface area contributed by atoms with E-state index in [-0.39, 0.29) is 23.3 Å². The van der Waals surface area contributed by atoms with E-state index in [1.54, 1.807) is 29.2 Å². The van der Waals surface area contributed by atoms with Crippen molar-refractivity contribution in [2.45, 2.75) is 31.7 Å². The molecule has 1 amide bonds. The fraction of sp³-hybridized carbons (Fsp3) is 0.276. The molecular weight excluding hydrogens is 497 g/mol. The van der Waals surface area contributed by atoms with Crippen LogP contribution in [0.3, 0.4) is 0 Å². The summed E-state index contributed by atoms with van der Waals surface area (Å²) in [6, 6.07) is 15.2. The molecule has 1 aliphatic carbocycles. The predicted octanol–water partition coefficient (Wildman–Crippen LogP) is 5.03. The lowest BCUT2D eigenvalue weighted by Crippen LogP contribution is -2.41. The quantitative estimate of drug-likeness (QED) is 0.278. The van der Waals surface area contributed by atoms with Crippen molar-refractivity contribution in [2.75, 3.05) is 18.8 Å². The Morgan fingerprint density at radius 3 is 2.69 bits per heavy atom. The SMILES string of the molecule is N#CC(=CC1CC1)C(=O)N1CCC[C@H](n2nc(-c3ccc(Oc4cccc(F)c4)cc3)c3c(N)ncnc32)C1. The highest BCUT2D eigenvalue weighted by atomic mass is 19.1. The summed E-state index contributed by atoms with van der Waals surface area (Å²) in [6.07, 6.45) is 6.86. The molecule has 196 valence electrons. The van der Waals surface area contributed by atoms with Crippen molar-refractivity contribution in [3.8, 4) is 28.8 Å². The first-order chi connectivity index (χ1) is 19.0. The molecule has 0 spiro atoms. The first-order valence-corrected chi connectivity index (χ1v) is 12.9. The van der Waals surface area contributed by atoms with Gasteiger partial charge >= 0.3 is 0 Å². The number of ether oxygens (including phenoxy) is 1. The molecule has 0 radical (unpaired) electrons. The molecule has 2 aromatic carbocycles. The number of nitrogens with two attached hydrogens (primary N) is 1. The van der Waals surface area contributed by atoms with Gasteiger partial charge in [-0.1, -0.05) is 12.1 Å². The van der Waals surface area contributed by atoms with Gasteiger partial charge in [0, 0.05) is 24.7 Å². The van der Waals surface area contributed by atoms with Gasteiger partial charge in [0.25, 0.3) is 5.91 Å². The molecule has 4 aromatic rings. The molecule has 1 aliphatic heterocycles. The van der Waals surface area contributed by atoms with Crippen LogP contribution in [0.5, 0.6) is 11.5 Å². The average Bonchev–Trinajstić information content (AvgIpc) is 3.69. The second-order valence-electron chi connectivity index (χ2n) is 9.91. The summed E-state index contributed by atoms with van der Waals surface area (Å²) >= 11 is 0. The van der Waals surface area contributed by atoms with Gasteiger partial charge in [0.1, 0.15) is 46.8 Å². The molecule has 2 aromatic heterocycles. The fourth-order valence-electron chi connectivity index (χ4n) is 4.96. The Hall–Kier alpha value is -4.78. The van der Waals surface area contributed by atoms with Gasteiger partial charge in [0.2, 0.25) is 0 Å². The van der Waals surface area contributed by atoms with Crippen molar-refractivity contribution in [2.24, 2.45) is 5.92 Å². The van der Waals surface area contributed by atoms with Crippen LogP contribution in [-0.4, -0.2) is 43.6 Å². The van der Waals surface area contributed by atoms with Crippen LogP contribution < -0.4 is 10.5 Å². The highest BCUT2D eigenvalue weighted by Gasteiger charge is 2.31. The van der Waals surface area contributed by atoms with Gasteiger partial charge in [0.15, 0.2) is 5.65 Å². The van der Waals surface area contributed by atoms with Crippen LogP contribution in [0.2, 0.25) is 0 Å². The third kappa shape index (κ3) is 5.03. The zero-order valence-corrected chi connectivity index (χ0v) is 21.1. The maximum absolute atomic E-state index is 13.5. The topological polar surface area (TPSA) is 123 Å². The average molecular weight is 524 g/mol. The number of amides is 1. The van der Waals surface area contributed by atoms with Gasteiger partial charge in [-0.2, -0.15) is 10.4 Å². The minimum absolute atomic E-state index is 0.135. The lowest BCUT2D eigenvalue weighted by Gasteiger charge is -2.32. The Kier molecular flexibility index (Phi) is 6.40. The van der Waals surface area contributed by atoms with Crippen LogP contribution in [-0.2, 0) is 4.79 Å². The number of benzene rings is 2. The third-order valence-electron chi connectivity index (χ3n) is 7.08. The standard InChI is InChI=1S/C29H26FN7O2/c30-21-3-1-5-24(14-21)39-23-10-8-19(9-11-23)26-25-27(32)33-17-34-28(25)37(35-26)22-4-2-12-36(16-22)29(38)20(15-31)13-18-6-7-18/h1,3,5,8-11,13-14,17-18,22H,2,4,6-7,12,16H2,(H2,32,33,34)/t22-/m0/s1.